The van der Waals surface area contributed by atoms with Crippen molar-refractivity contribution in [3.05, 3.63) is 11.6 Å². The fourth-order valence-corrected chi connectivity index (χ4v) is 4.13. The fraction of sp³-hybridized carbons (Fsp3) is 0.812. The Bertz CT molecular complexity index is 453. The highest BCUT2D eigenvalue weighted by Crippen LogP contribution is 2.42. The molecule has 2 N–H and O–H groups in total. The van der Waals surface area contributed by atoms with Crippen LogP contribution in [0.3, 0.4) is 0 Å². The standard InChI is InChI=1S/C16H29NO3Si/c1-10-7-8-11-12(17)9-13(18)19-15(11)14(10)20-21(5,6)16(2,3)4/h7,11-12,14-15H,8-9,17H2,1-6H3/t11-,12+,14?,15-/m1/s1. The third-order valence-corrected chi connectivity index (χ3v) is 9.78. The Balaban J connectivity index is 2.26. The van der Waals surface area contributed by atoms with Crippen molar-refractivity contribution in [3.8, 4) is 0 Å². The number of carbonyl (C=O) groups excluding carboxylic acids is 1. The maximum absolute atomic E-state index is 11.8. The summed E-state index contributed by atoms with van der Waals surface area (Å²) in [6.45, 7) is 13.2. The molecule has 0 aromatic carbocycles. The van der Waals surface area contributed by atoms with E-state index in [4.69, 9.17) is 14.9 Å². The Kier molecular flexibility index (Phi) is 4.39. The zero-order valence-electron chi connectivity index (χ0n) is 14.1. The molecule has 4 atom stereocenters. The molecule has 1 aliphatic carbocycles. The zero-order valence-corrected chi connectivity index (χ0v) is 15.1. The second-order valence-electron chi connectivity index (χ2n) is 7.97. The van der Waals surface area contributed by atoms with Crippen molar-refractivity contribution >= 4 is 14.3 Å². The van der Waals surface area contributed by atoms with Crippen LogP contribution in [0, 0.1) is 5.92 Å². The van der Waals surface area contributed by atoms with E-state index in [1.807, 2.05) is 0 Å². The van der Waals surface area contributed by atoms with Crippen molar-refractivity contribution in [2.45, 2.75) is 76.9 Å². The van der Waals surface area contributed by atoms with Crippen LogP contribution in [0.4, 0.5) is 0 Å². The lowest BCUT2D eigenvalue weighted by Crippen LogP contribution is -2.57. The van der Waals surface area contributed by atoms with Gasteiger partial charge in [-0.1, -0.05) is 26.8 Å². The van der Waals surface area contributed by atoms with Crippen molar-refractivity contribution in [3.63, 3.8) is 0 Å². The monoisotopic (exact) mass is 311 g/mol. The van der Waals surface area contributed by atoms with Crippen LogP contribution in [0.2, 0.25) is 18.1 Å². The first-order chi connectivity index (χ1) is 9.53. The molecule has 0 amide bonds. The van der Waals surface area contributed by atoms with Crippen molar-refractivity contribution in [1.82, 2.24) is 0 Å². The molecule has 4 nitrogen and oxygen atoms in total. The first-order valence-corrected chi connectivity index (χ1v) is 10.7. The highest BCUT2D eigenvalue weighted by molar-refractivity contribution is 6.74. The van der Waals surface area contributed by atoms with Gasteiger partial charge in [0.2, 0.25) is 0 Å². The van der Waals surface area contributed by atoms with E-state index in [2.05, 4.69) is 46.9 Å². The summed E-state index contributed by atoms with van der Waals surface area (Å²) < 4.78 is 12.2. The van der Waals surface area contributed by atoms with E-state index >= 15 is 0 Å². The lowest BCUT2D eigenvalue weighted by molar-refractivity contribution is -0.167. The number of esters is 1. The molecule has 1 fully saturated rings. The summed E-state index contributed by atoms with van der Waals surface area (Å²) in [5.41, 5.74) is 7.33. The summed E-state index contributed by atoms with van der Waals surface area (Å²) in [6, 6.07) is -0.119. The first kappa shape index (κ1) is 16.7. The molecule has 2 rings (SSSR count). The van der Waals surface area contributed by atoms with Crippen LogP contribution >= 0.6 is 0 Å². The van der Waals surface area contributed by atoms with Gasteiger partial charge in [0.15, 0.2) is 8.32 Å². The van der Waals surface area contributed by atoms with Crippen molar-refractivity contribution in [1.29, 1.82) is 0 Å². The van der Waals surface area contributed by atoms with Gasteiger partial charge in [0.1, 0.15) is 12.2 Å². The molecule has 1 saturated heterocycles. The van der Waals surface area contributed by atoms with Crippen LogP contribution in [0.25, 0.3) is 0 Å². The minimum Gasteiger partial charge on any atom is -0.459 e. The van der Waals surface area contributed by atoms with Crippen LogP contribution in [0.1, 0.15) is 40.5 Å². The molecule has 1 unspecified atom stereocenters. The van der Waals surface area contributed by atoms with Gasteiger partial charge in [-0.2, -0.15) is 0 Å². The molecule has 1 heterocycles. The highest BCUT2D eigenvalue weighted by Gasteiger charge is 2.48. The number of rotatable bonds is 2. The lowest BCUT2D eigenvalue weighted by atomic mass is 9.78. The van der Waals surface area contributed by atoms with E-state index in [-0.39, 0.29) is 35.2 Å². The van der Waals surface area contributed by atoms with Gasteiger partial charge in [0, 0.05) is 12.0 Å². The molecule has 21 heavy (non-hydrogen) atoms. The Morgan fingerprint density at radius 2 is 2.00 bits per heavy atom. The number of allylic oxidation sites excluding steroid dienone is 1. The van der Waals surface area contributed by atoms with Crippen molar-refractivity contribution in [2.24, 2.45) is 11.7 Å². The van der Waals surface area contributed by atoms with E-state index in [0.29, 0.717) is 6.42 Å². The number of ether oxygens (including phenoxy) is 1. The second-order valence-corrected chi connectivity index (χ2v) is 12.7. The quantitative estimate of drug-likeness (QED) is 0.484. The predicted molar refractivity (Wildman–Crippen MR) is 86.4 cm³/mol. The van der Waals surface area contributed by atoms with Crippen molar-refractivity contribution < 1.29 is 14.0 Å². The fourth-order valence-electron chi connectivity index (χ4n) is 2.82. The molecule has 5 heteroatoms. The summed E-state index contributed by atoms with van der Waals surface area (Å²) in [6.07, 6.45) is 3.04. The molecular formula is C16H29NO3Si. The van der Waals surface area contributed by atoms with Gasteiger partial charge >= 0.3 is 5.97 Å². The lowest BCUT2D eigenvalue weighted by Gasteiger charge is -2.47. The van der Waals surface area contributed by atoms with Crippen LogP contribution in [-0.4, -0.2) is 32.5 Å². The predicted octanol–water partition coefficient (Wildman–Crippen LogP) is 2.99. The topological polar surface area (TPSA) is 61.6 Å². The van der Waals surface area contributed by atoms with Crippen LogP contribution < -0.4 is 5.73 Å². The normalized spacial score (nSPS) is 34.0. The van der Waals surface area contributed by atoms with Gasteiger partial charge in [0.25, 0.3) is 0 Å². The minimum atomic E-state index is -1.93. The average molecular weight is 311 g/mol. The Morgan fingerprint density at radius 3 is 2.57 bits per heavy atom. The van der Waals surface area contributed by atoms with E-state index in [1.54, 1.807) is 0 Å². The molecule has 0 saturated carbocycles. The number of hydrogen-bond acceptors (Lipinski definition) is 4. The summed E-state index contributed by atoms with van der Waals surface area (Å²) >= 11 is 0. The van der Waals surface area contributed by atoms with Crippen LogP contribution in [0.5, 0.6) is 0 Å². The van der Waals surface area contributed by atoms with E-state index in [9.17, 15) is 4.79 Å². The molecule has 0 spiro atoms. The third kappa shape index (κ3) is 3.25. The zero-order chi connectivity index (χ0) is 16.0. The Hall–Kier alpha value is -0.653. The van der Waals surface area contributed by atoms with Crippen LogP contribution in [-0.2, 0) is 14.0 Å². The van der Waals surface area contributed by atoms with Crippen molar-refractivity contribution in [2.75, 3.05) is 0 Å². The van der Waals surface area contributed by atoms with Gasteiger partial charge in [-0.15, -0.1) is 0 Å². The summed E-state index contributed by atoms with van der Waals surface area (Å²) in [5, 5.41) is 0.126. The molecule has 0 aromatic rings. The van der Waals surface area contributed by atoms with Gasteiger partial charge in [-0.25, -0.2) is 0 Å². The summed E-state index contributed by atoms with van der Waals surface area (Å²) in [7, 11) is -1.93. The van der Waals surface area contributed by atoms with E-state index < -0.39 is 8.32 Å². The number of hydrogen-bond donors (Lipinski definition) is 1. The van der Waals surface area contributed by atoms with Gasteiger partial charge in [-0.05, 0) is 37.0 Å². The van der Waals surface area contributed by atoms with Gasteiger partial charge in [0.05, 0.1) is 6.42 Å². The molecule has 0 aromatic heterocycles. The molecule has 2 aliphatic rings. The molecule has 1 aliphatic heterocycles. The second kappa shape index (κ2) is 5.52. The summed E-state index contributed by atoms with van der Waals surface area (Å²) in [4.78, 5) is 11.8. The Morgan fingerprint density at radius 1 is 1.38 bits per heavy atom. The Labute approximate surface area is 129 Å². The van der Waals surface area contributed by atoms with E-state index in [1.165, 1.54) is 5.57 Å². The average Bonchev–Trinajstić information content (AvgIpc) is 2.31. The third-order valence-electron chi connectivity index (χ3n) is 5.33. The summed E-state index contributed by atoms with van der Waals surface area (Å²) in [5.74, 6) is -0.0107. The molecule has 120 valence electrons. The number of fused-ring (bicyclic) bond motifs is 1. The van der Waals surface area contributed by atoms with Gasteiger partial charge in [-0.3, -0.25) is 4.79 Å². The SMILES string of the molecule is CC1=CC[C@@H]2[C@@H](N)CC(=O)O[C@H]2C1O[Si](C)(C)C(C)(C)C. The minimum absolute atomic E-state index is 0.119. The molecule has 0 bridgehead atoms. The maximum Gasteiger partial charge on any atom is 0.307 e. The smallest absolute Gasteiger partial charge is 0.307 e. The number of nitrogens with two attached hydrogens (primary N) is 1. The van der Waals surface area contributed by atoms with Gasteiger partial charge < -0.3 is 14.9 Å². The largest absolute Gasteiger partial charge is 0.459 e. The number of carbonyl (C=O) groups is 1. The first-order valence-electron chi connectivity index (χ1n) is 7.82. The maximum atomic E-state index is 11.8. The molecule has 0 radical (unpaired) electrons. The van der Waals surface area contributed by atoms with E-state index in [0.717, 1.165) is 6.42 Å². The highest BCUT2D eigenvalue weighted by atomic mass is 28.4. The molecular weight excluding hydrogens is 282 g/mol. The van der Waals surface area contributed by atoms with Crippen LogP contribution in [0.15, 0.2) is 11.6 Å².